The minimum absolute atomic E-state index is 1.17. The van der Waals surface area contributed by atoms with Crippen LogP contribution in [0.15, 0.2) is 24.5 Å². The standard InChI is InChI=1S/C13H20N2/c1-2-9-15(10-3-1)11-5-7-13-6-4-8-14-12-13/h4,6,8,12H,1-3,5,7,9-11H2. The Kier molecular flexibility index (Phi) is 4.15. The van der Waals surface area contributed by atoms with Gasteiger partial charge in [0.1, 0.15) is 0 Å². The molecule has 0 bridgehead atoms. The lowest BCUT2D eigenvalue weighted by Gasteiger charge is -2.26. The van der Waals surface area contributed by atoms with Gasteiger partial charge in [0.2, 0.25) is 0 Å². The normalized spacial score (nSPS) is 17.9. The van der Waals surface area contributed by atoms with Crippen molar-refractivity contribution in [2.75, 3.05) is 19.6 Å². The van der Waals surface area contributed by atoms with E-state index in [0.717, 1.165) is 0 Å². The number of likely N-dealkylation sites (tertiary alicyclic amines) is 1. The lowest BCUT2D eigenvalue weighted by molar-refractivity contribution is 0.226. The summed E-state index contributed by atoms with van der Waals surface area (Å²) < 4.78 is 0. The molecule has 1 aromatic heterocycles. The summed E-state index contributed by atoms with van der Waals surface area (Å²) in [4.78, 5) is 6.73. The average molecular weight is 204 g/mol. The average Bonchev–Trinajstić information content (AvgIpc) is 2.32. The van der Waals surface area contributed by atoms with Gasteiger partial charge in [0.05, 0.1) is 0 Å². The van der Waals surface area contributed by atoms with Gasteiger partial charge >= 0.3 is 0 Å². The van der Waals surface area contributed by atoms with Gasteiger partial charge in [-0.05, 0) is 56.9 Å². The molecule has 15 heavy (non-hydrogen) atoms. The molecule has 2 nitrogen and oxygen atoms in total. The Balaban J connectivity index is 1.66. The fourth-order valence-electron chi connectivity index (χ4n) is 2.24. The Morgan fingerprint density at radius 1 is 1.20 bits per heavy atom. The Hall–Kier alpha value is -0.890. The molecule has 2 heteroatoms. The molecule has 0 saturated carbocycles. The second-order valence-corrected chi connectivity index (χ2v) is 4.37. The van der Waals surface area contributed by atoms with E-state index in [9.17, 15) is 0 Å². The monoisotopic (exact) mass is 204 g/mol. The number of rotatable bonds is 4. The van der Waals surface area contributed by atoms with Crippen LogP contribution in [0, 0.1) is 0 Å². The van der Waals surface area contributed by atoms with E-state index in [1.165, 1.54) is 57.3 Å². The SMILES string of the molecule is c1cncc(CCCN2CCCCC2)c1. The number of piperidine rings is 1. The van der Waals surface area contributed by atoms with Gasteiger partial charge in [-0.3, -0.25) is 4.98 Å². The summed E-state index contributed by atoms with van der Waals surface area (Å²) in [7, 11) is 0. The Labute approximate surface area is 92.3 Å². The van der Waals surface area contributed by atoms with Crippen molar-refractivity contribution in [3.05, 3.63) is 30.1 Å². The molecule has 1 saturated heterocycles. The molecule has 0 unspecified atom stereocenters. The van der Waals surface area contributed by atoms with Crippen LogP contribution in [0.2, 0.25) is 0 Å². The van der Waals surface area contributed by atoms with E-state index in [2.05, 4.69) is 16.0 Å². The summed E-state index contributed by atoms with van der Waals surface area (Å²) in [5.41, 5.74) is 1.37. The molecule has 0 atom stereocenters. The Morgan fingerprint density at radius 3 is 2.80 bits per heavy atom. The molecule has 0 aromatic carbocycles. The second kappa shape index (κ2) is 5.86. The zero-order chi connectivity index (χ0) is 10.3. The van der Waals surface area contributed by atoms with Crippen LogP contribution >= 0.6 is 0 Å². The summed E-state index contributed by atoms with van der Waals surface area (Å²) >= 11 is 0. The fourth-order valence-corrected chi connectivity index (χ4v) is 2.24. The summed E-state index contributed by atoms with van der Waals surface area (Å²) in [5, 5.41) is 0. The van der Waals surface area contributed by atoms with E-state index in [0.29, 0.717) is 0 Å². The van der Waals surface area contributed by atoms with E-state index >= 15 is 0 Å². The van der Waals surface area contributed by atoms with Crippen molar-refractivity contribution in [1.29, 1.82) is 0 Å². The number of aryl methyl sites for hydroxylation is 1. The third-order valence-electron chi connectivity index (χ3n) is 3.11. The minimum atomic E-state index is 1.17. The van der Waals surface area contributed by atoms with E-state index in [-0.39, 0.29) is 0 Å². The summed E-state index contributed by atoms with van der Waals surface area (Å²) in [6.45, 7) is 3.88. The van der Waals surface area contributed by atoms with Crippen LogP contribution in [-0.4, -0.2) is 29.5 Å². The molecule has 0 radical (unpaired) electrons. The van der Waals surface area contributed by atoms with Crippen LogP contribution in [0.4, 0.5) is 0 Å². The van der Waals surface area contributed by atoms with E-state index in [1.54, 1.807) is 0 Å². The van der Waals surface area contributed by atoms with E-state index in [1.807, 2.05) is 18.5 Å². The van der Waals surface area contributed by atoms with Gasteiger partial charge in [-0.15, -0.1) is 0 Å². The van der Waals surface area contributed by atoms with Gasteiger partial charge < -0.3 is 4.90 Å². The summed E-state index contributed by atoms with van der Waals surface area (Å²) in [6.07, 6.45) is 10.5. The first-order valence-corrected chi connectivity index (χ1v) is 6.06. The summed E-state index contributed by atoms with van der Waals surface area (Å²) in [5.74, 6) is 0. The highest BCUT2D eigenvalue weighted by molar-refractivity contribution is 5.08. The topological polar surface area (TPSA) is 16.1 Å². The number of nitrogens with zero attached hydrogens (tertiary/aromatic N) is 2. The van der Waals surface area contributed by atoms with Crippen molar-refractivity contribution < 1.29 is 0 Å². The first-order chi connectivity index (χ1) is 7.45. The fraction of sp³-hybridized carbons (Fsp3) is 0.615. The predicted octanol–water partition coefficient (Wildman–Crippen LogP) is 2.50. The molecule has 1 aliphatic heterocycles. The van der Waals surface area contributed by atoms with Crippen LogP contribution in [-0.2, 0) is 6.42 Å². The largest absolute Gasteiger partial charge is 0.303 e. The number of pyridine rings is 1. The van der Waals surface area contributed by atoms with E-state index < -0.39 is 0 Å². The van der Waals surface area contributed by atoms with Crippen LogP contribution in [0.25, 0.3) is 0 Å². The minimum Gasteiger partial charge on any atom is -0.303 e. The lowest BCUT2D eigenvalue weighted by atomic mass is 10.1. The van der Waals surface area contributed by atoms with Gasteiger partial charge in [0, 0.05) is 12.4 Å². The zero-order valence-electron chi connectivity index (χ0n) is 9.36. The summed E-state index contributed by atoms with van der Waals surface area (Å²) in [6, 6.07) is 4.19. The first kappa shape index (κ1) is 10.6. The van der Waals surface area contributed by atoms with Crippen LogP contribution < -0.4 is 0 Å². The molecule has 82 valence electrons. The van der Waals surface area contributed by atoms with Gasteiger partial charge in [-0.1, -0.05) is 12.5 Å². The van der Waals surface area contributed by atoms with Crippen molar-refractivity contribution in [3.8, 4) is 0 Å². The van der Waals surface area contributed by atoms with Gasteiger partial charge in [-0.25, -0.2) is 0 Å². The van der Waals surface area contributed by atoms with Gasteiger partial charge in [0.15, 0.2) is 0 Å². The Morgan fingerprint density at radius 2 is 2.07 bits per heavy atom. The third kappa shape index (κ3) is 3.63. The molecule has 0 N–H and O–H groups in total. The molecule has 1 aromatic rings. The molecule has 2 rings (SSSR count). The molecule has 0 spiro atoms. The van der Waals surface area contributed by atoms with Crippen molar-refractivity contribution in [2.45, 2.75) is 32.1 Å². The molecule has 1 fully saturated rings. The zero-order valence-corrected chi connectivity index (χ0v) is 9.36. The molecule has 0 amide bonds. The molecule has 2 heterocycles. The van der Waals surface area contributed by atoms with Crippen LogP contribution in [0.5, 0.6) is 0 Å². The number of hydrogen-bond donors (Lipinski definition) is 0. The quantitative estimate of drug-likeness (QED) is 0.749. The van der Waals surface area contributed by atoms with Gasteiger partial charge in [0.25, 0.3) is 0 Å². The second-order valence-electron chi connectivity index (χ2n) is 4.37. The van der Waals surface area contributed by atoms with Gasteiger partial charge in [-0.2, -0.15) is 0 Å². The number of aromatic nitrogens is 1. The van der Waals surface area contributed by atoms with Crippen molar-refractivity contribution >= 4 is 0 Å². The maximum atomic E-state index is 4.14. The maximum Gasteiger partial charge on any atom is 0.0299 e. The molecular formula is C13H20N2. The smallest absolute Gasteiger partial charge is 0.0299 e. The molecule has 1 aliphatic rings. The van der Waals surface area contributed by atoms with Crippen molar-refractivity contribution in [1.82, 2.24) is 9.88 Å². The number of hydrogen-bond acceptors (Lipinski definition) is 2. The molecular weight excluding hydrogens is 184 g/mol. The van der Waals surface area contributed by atoms with Crippen LogP contribution in [0.3, 0.4) is 0 Å². The third-order valence-corrected chi connectivity index (χ3v) is 3.11. The van der Waals surface area contributed by atoms with E-state index in [4.69, 9.17) is 0 Å². The first-order valence-electron chi connectivity index (χ1n) is 6.06. The van der Waals surface area contributed by atoms with Crippen molar-refractivity contribution in [2.24, 2.45) is 0 Å². The lowest BCUT2D eigenvalue weighted by Crippen LogP contribution is -2.30. The Bertz CT molecular complexity index is 265. The highest BCUT2D eigenvalue weighted by Gasteiger charge is 2.08. The van der Waals surface area contributed by atoms with Crippen LogP contribution in [0.1, 0.15) is 31.2 Å². The highest BCUT2D eigenvalue weighted by Crippen LogP contribution is 2.09. The highest BCUT2D eigenvalue weighted by atomic mass is 15.1. The predicted molar refractivity (Wildman–Crippen MR) is 62.8 cm³/mol. The van der Waals surface area contributed by atoms with Crippen molar-refractivity contribution in [3.63, 3.8) is 0 Å². The maximum absolute atomic E-state index is 4.14. The molecule has 0 aliphatic carbocycles.